The van der Waals surface area contributed by atoms with Crippen molar-refractivity contribution in [3.8, 4) is 0 Å². The molecule has 0 aliphatic heterocycles. The van der Waals surface area contributed by atoms with Gasteiger partial charge in [-0.15, -0.1) is 11.6 Å². The van der Waals surface area contributed by atoms with E-state index in [1.807, 2.05) is 12.1 Å². The number of hydrogen-bond donors (Lipinski definition) is 0. The van der Waals surface area contributed by atoms with Crippen LogP contribution in [0.3, 0.4) is 0 Å². The zero-order valence-corrected chi connectivity index (χ0v) is 7.49. The standard InChI is InChI=1S/C9H8Cl2/c10-7-3-1-6-2-4-9(11)8(6)5-7/h1,3,5,9H,2,4H2. The van der Waals surface area contributed by atoms with E-state index in [1.165, 1.54) is 11.1 Å². The third-order valence-electron chi connectivity index (χ3n) is 2.11. The molecule has 0 saturated carbocycles. The molecule has 1 aromatic carbocycles. The summed E-state index contributed by atoms with van der Waals surface area (Å²) in [5.74, 6) is 0. The number of alkyl halides is 1. The number of aryl methyl sites for hydroxylation is 1. The van der Waals surface area contributed by atoms with Gasteiger partial charge in [0.1, 0.15) is 0 Å². The van der Waals surface area contributed by atoms with Crippen molar-refractivity contribution in [2.24, 2.45) is 0 Å². The van der Waals surface area contributed by atoms with Crippen LogP contribution in [0.4, 0.5) is 0 Å². The van der Waals surface area contributed by atoms with Gasteiger partial charge in [-0.05, 0) is 36.1 Å². The number of halogens is 2. The van der Waals surface area contributed by atoms with Crippen LogP contribution in [0.1, 0.15) is 22.9 Å². The monoisotopic (exact) mass is 186 g/mol. The zero-order chi connectivity index (χ0) is 7.84. The van der Waals surface area contributed by atoms with Crippen LogP contribution >= 0.6 is 23.2 Å². The van der Waals surface area contributed by atoms with Crippen molar-refractivity contribution in [2.75, 3.05) is 0 Å². The predicted octanol–water partition coefficient (Wildman–Crippen LogP) is 3.57. The maximum atomic E-state index is 6.06. The summed E-state index contributed by atoms with van der Waals surface area (Å²) in [6, 6.07) is 5.97. The second-order valence-corrected chi connectivity index (χ2v) is 3.81. The quantitative estimate of drug-likeness (QED) is 0.544. The second kappa shape index (κ2) is 2.69. The lowest BCUT2D eigenvalue weighted by Crippen LogP contribution is -1.82. The summed E-state index contributed by atoms with van der Waals surface area (Å²) in [7, 11) is 0. The molecule has 11 heavy (non-hydrogen) atoms. The van der Waals surface area contributed by atoms with Crippen molar-refractivity contribution in [2.45, 2.75) is 18.2 Å². The lowest BCUT2D eigenvalue weighted by Gasteiger charge is -2.01. The Labute approximate surface area is 76.1 Å². The minimum absolute atomic E-state index is 0.184. The summed E-state index contributed by atoms with van der Waals surface area (Å²) in [5, 5.41) is 0.972. The molecule has 1 aliphatic carbocycles. The van der Waals surface area contributed by atoms with Gasteiger partial charge in [0, 0.05) is 5.02 Å². The molecule has 1 atom stereocenters. The minimum Gasteiger partial charge on any atom is -0.118 e. The van der Waals surface area contributed by atoms with E-state index in [1.54, 1.807) is 0 Å². The molecule has 0 nitrogen and oxygen atoms in total. The smallest absolute Gasteiger partial charge is 0.0591 e. The summed E-state index contributed by atoms with van der Waals surface area (Å²) < 4.78 is 0. The summed E-state index contributed by atoms with van der Waals surface area (Å²) in [6.45, 7) is 0. The van der Waals surface area contributed by atoms with Gasteiger partial charge in [-0.25, -0.2) is 0 Å². The predicted molar refractivity (Wildman–Crippen MR) is 48.4 cm³/mol. The van der Waals surface area contributed by atoms with Crippen LogP contribution in [0.5, 0.6) is 0 Å². The van der Waals surface area contributed by atoms with Gasteiger partial charge in [-0.3, -0.25) is 0 Å². The van der Waals surface area contributed by atoms with Gasteiger partial charge in [0.2, 0.25) is 0 Å². The molecular weight excluding hydrogens is 179 g/mol. The molecule has 0 amide bonds. The first kappa shape index (κ1) is 7.45. The van der Waals surface area contributed by atoms with Crippen LogP contribution in [0.2, 0.25) is 5.02 Å². The van der Waals surface area contributed by atoms with E-state index in [4.69, 9.17) is 23.2 Å². The van der Waals surface area contributed by atoms with Crippen LogP contribution in [-0.2, 0) is 6.42 Å². The van der Waals surface area contributed by atoms with E-state index in [-0.39, 0.29) is 5.38 Å². The Morgan fingerprint density at radius 3 is 3.00 bits per heavy atom. The van der Waals surface area contributed by atoms with Crippen LogP contribution < -0.4 is 0 Å². The maximum absolute atomic E-state index is 6.06. The third-order valence-corrected chi connectivity index (χ3v) is 2.80. The summed E-state index contributed by atoms with van der Waals surface area (Å²) in [5.41, 5.74) is 2.58. The highest BCUT2D eigenvalue weighted by Crippen LogP contribution is 2.37. The van der Waals surface area contributed by atoms with Crippen LogP contribution in [0.15, 0.2) is 18.2 Å². The molecule has 1 aromatic rings. The molecule has 0 N–H and O–H groups in total. The Bertz CT molecular complexity index is 281. The second-order valence-electron chi connectivity index (χ2n) is 2.85. The maximum Gasteiger partial charge on any atom is 0.0591 e. The van der Waals surface area contributed by atoms with Crippen molar-refractivity contribution in [1.29, 1.82) is 0 Å². The SMILES string of the molecule is Clc1ccc2c(c1)C(Cl)CC2. The van der Waals surface area contributed by atoms with Crippen LogP contribution in [0.25, 0.3) is 0 Å². The largest absolute Gasteiger partial charge is 0.118 e. The Kier molecular flexibility index (Phi) is 1.82. The van der Waals surface area contributed by atoms with E-state index in [2.05, 4.69) is 6.07 Å². The van der Waals surface area contributed by atoms with Crippen LogP contribution in [-0.4, -0.2) is 0 Å². The summed E-state index contributed by atoms with van der Waals surface area (Å²) in [4.78, 5) is 0. The first-order chi connectivity index (χ1) is 5.27. The molecule has 0 fully saturated rings. The van der Waals surface area contributed by atoms with Crippen molar-refractivity contribution < 1.29 is 0 Å². The van der Waals surface area contributed by atoms with Gasteiger partial charge in [0.15, 0.2) is 0 Å². The van der Waals surface area contributed by atoms with E-state index >= 15 is 0 Å². The first-order valence-electron chi connectivity index (χ1n) is 3.70. The van der Waals surface area contributed by atoms with Gasteiger partial charge >= 0.3 is 0 Å². The zero-order valence-electron chi connectivity index (χ0n) is 5.98. The molecule has 0 radical (unpaired) electrons. The van der Waals surface area contributed by atoms with E-state index in [0.717, 1.165) is 17.9 Å². The Morgan fingerprint density at radius 1 is 1.36 bits per heavy atom. The normalized spacial score (nSPS) is 21.8. The van der Waals surface area contributed by atoms with Gasteiger partial charge in [0.05, 0.1) is 5.38 Å². The molecule has 58 valence electrons. The fourth-order valence-corrected chi connectivity index (χ4v) is 2.02. The molecule has 0 bridgehead atoms. The Morgan fingerprint density at radius 2 is 2.18 bits per heavy atom. The van der Waals surface area contributed by atoms with Crippen molar-refractivity contribution in [1.82, 2.24) is 0 Å². The Balaban J connectivity index is 2.52. The van der Waals surface area contributed by atoms with Crippen molar-refractivity contribution in [3.05, 3.63) is 34.3 Å². The highest BCUT2D eigenvalue weighted by Gasteiger charge is 2.19. The highest BCUT2D eigenvalue weighted by molar-refractivity contribution is 6.30. The molecule has 0 aromatic heterocycles. The van der Waals surface area contributed by atoms with E-state index in [9.17, 15) is 0 Å². The number of rotatable bonds is 0. The number of hydrogen-bond acceptors (Lipinski definition) is 0. The van der Waals surface area contributed by atoms with Gasteiger partial charge < -0.3 is 0 Å². The molecule has 1 aliphatic rings. The lowest BCUT2D eigenvalue weighted by atomic mass is 10.1. The van der Waals surface area contributed by atoms with Gasteiger partial charge in [0.25, 0.3) is 0 Å². The molecule has 0 heterocycles. The lowest BCUT2D eigenvalue weighted by molar-refractivity contribution is 0.882. The average molecular weight is 187 g/mol. The van der Waals surface area contributed by atoms with E-state index < -0.39 is 0 Å². The fraction of sp³-hybridized carbons (Fsp3) is 0.333. The average Bonchev–Trinajstić information content (AvgIpc) is 2.33. The molecular formula is C9H8Cl2. The fourth-order valence-electron chi connectivity index (χ4n) is 1.52. The number of fused-ring (bicyclic) bond motifs is 1. The Hall–Kier alpha value is -0.200. The van der Waals surface area contributed by atoms with Gasteiger partial charge in [-0.2, -0.15) is 0 Å². The first-order valence-corrected chi connectivity index (χ1v) is 4.51. The highest BCUT2D eigenvalue weighted by atomic mass is 35.5. The summed E-state index contributed by atoms with van der Waals surface area (Å²) >= 11 is 11.9. The topological polar surface area (TPSA) is 0 Å². The van der Waals surface area contributed by atoms with Gasteiger partial charge in [-0.1, -0.05) is 17.7 Å². The van der Waals surface area contributed by atoms with Crippen molar-refractivity contribution >= 4 is 23.2 Å². The number of benzene rings is 1. The molecule has 1 unspecified atom stereocenters. The third kappa shape index (κ3) is 1.25. The molecule has 2 heteroatoms. The molecule has 0 saturated heterocycles. The molecule has 0 spiro atoms. The summed E-state index contributed by atoms with van der Waals surface area (Å²) in [6.07, 6.45) is 2.15. The van der Waals surface area contributed by atoms with Crippen LogP contribution in [0, 0.1) is 0 Å². The molecule has 2 rings (SSSR count). The van der Waals surface area contributed by atoms with E-state index in [0.29, 0.717) is 0 Å². The minimum atomic E-state index is 0.184. The van der Waals surface area contributed by atoms with Crippen molar-refractivity contribution in [3.63, 3.8) is 0 Å².